The quantitative estimate of drug-likeness (QED) is 0.656. The van der Waals surface area contributed by atoms with E-state index in [4.69, 9.17) is 4.98 Å². The highest BCUT2D eigenvalue weighted by Gasteiger charge is 2.31. The fraction of sp³-hybridized carbons (Fsp3) is 0.824. The van der Waals surface area contributed by atoms with Crippen LogP contribution >= 0.6 is 11.3 Å². The summed E-state index contributed by atoms with van der Waals surface area (Å²) in [4.78, 5) is 8.97. The molecule has 1 aromatic heterocycles. The third kappa shape index (κ3) is 4.96. The Morgan fingerprint density at radius 2 is 2.10 bits per heavy atom. The number of hydrogen-bond donors (Lipinski definition) is 1. The number of nitrogens with one attached hydrogen (secondary N) is 1. The molecule has 0 amide bonds. The molecule has 1 saturated carbocycles. The second-order valence-corrected chi connectivity index (χ2v) is 7.57. The highest BCUT2D eigenvalue weighted by molar-refractivity contribution is 7.15. The molecule has 120 valence electrons. The normalized spacial score (nSPS) is 14.9. The van der Waals surface area contributed by atoms with E-state index in [2.05, 4.69) is 37.9 Å². The third-order valence-corrected chi connectivity index (χ3v) is 5.13. The molecule has 0 aliphatic heterocycles. The monoisotopic (exact) mass is 309 g/mol. The maximum Gasteiger partial charge on any atom is 0.186 e. The molecule has 1 heterocycles. The zero-order chi connectivity index (χ0) is 15.2. The Morgan fingerprint density at radius 3 is 2.67 bits per heavy atom. The van der Waals surface area contributed by atoms with Crippen LogP contribution in [0.3, 0.4) is 0 Å². The molecule has 0 aromatic carbocycles. The van der Waals surface area contributed by atoms with Crippen LogP contribution in [0.15, 0.2) is 0 Å². The SMILES string of the molecule is CCCNCc1sc(N(CCC(C)C)C2CC2)nc1CC. The van der Waals surface area contributed by atoms with Crippen LogP contribution in [0.1, 0.15) is 63.9 Å². The highest BCUT2D eigenvalue weighted by Crippen LogP contribution is 2.36. The lowest BCUT2D eigenvalue weighted by molar-refractivity contribution is 0.570. The summed E-state index contributed by atoms with van der Waals surface area (Å²) in [6.07, 6.45) is 6.20. The number of aromatic nitrogens is 1. The summed E-state index contributed by atoms with van der Waals surface area (Å²) >= 11 is 1.91. The van der Waals surface area contributed by atoms with Crippen molar-refractivity contribution < 1.29 is 0 Å². The van der Waals surface area contributed by atoms with Gasteiger partial charge in [-0.25, -0.2) is 4.98 Å². The van der Waals surface area contributed by atoms with Crippen LogP contribution in [0.25, 0.3) is 0 Å². The van der Waals surface area contributed by atoms with Gasteiger partial charge in [0.25, 0.3) is 0 Å². The van der Waals surface area contributed by atoms with Gasteiger partial charge in [0.1, 0.15) is 0 Å². The number of aryl methyl sites for hydroxylation is 1. The first-order chi connectivity index (χ1) is 10.2. The van der Waals surface area contributed by atoms with E-state index < -0.39 is 0 Å². The van der Waals surface area contributed by atoms with Crippen molar-refractivity contribution in [3.63, 3.8) is 0 Å². The first kappa shape index (κ1) is 16.8. The van der Waals surface area contributed by atoms with Gasteiger partial charge in [-0.3, -0.25) is 0 Å². The van der Waals surface area contributed by atoms with Crippen molar-refractivity contribution >= 4 is 16.5 Å². The number of hydrogen-bond acceptors (Lipinski definition) is 4. The molecular weight excluding hydrogens is 278 g/mol. The highest BCUT2D eigenvalue weighted by atomic mass is 32.1. The van der Waals surface area contributed by atoms with E-state index in [1.54, 1.807) is 0 Å². The van der Waals surface area contributed by atoms with Crippen molar-refractivity contribution in [2.75, 3.05) is 18.0 Å². The summed E-state index contributed by atoms with van der Waals surface area (Å²) in [6, 6.07) is 0.760. The summed E-state index contributed by atoms with van der Waals surface area (Å²) in [5.74, 6) is 0.766. The molecule has 0 atom stereocenters. The molecule has 0 bridgehead atoms. The van der Waals surface area contributed by atoms with Crippen LogP contribution in [0, 0.1) is 5.92 Å². The molecular formula is C17H31N3S. The van der Waals surface area contributed by atoms with Gasteiger partial charge in [-0.05, 0) is 44.6 Å². The predicted octanol–water partition coefficient (Wildman–Crippen LogP) is 4.22. The van der Waals surface area contributed by atoms with E-state index in [1.807, 2.05) is 11.3 Å². The molecule has 1 N–H and O–H groups in total. The van der Waals surface area contributed by atoms with Gasteiger partial charge in [-0.2, -0.15) is 0 Å². The number of anilines is 1. The van der Waals surface area contributed by atoms with E-state index in [-0.39, 0.29) is 0 Å². The average Bonchev–Trinajstić information content (AvgIpc) is 3.20. The van der Waals surface area contributed by atoms with Crippen molar-refractivity contribution in [1.82, 2.24) is 10.3 Å². The Labute approximate surface area is 134 Å². The second-order valence-electron chi connectivity index (χ2n) is 6.50. The minimum atomic E-state index is 0.760. The van der Waals surface area contributed by atoms with Crippen LogP contribution < -0.4 is 10.2 Å². The molecule has 1 aliphatic rings. The molecule has 21 heavy (non-hydrogen) atoms. The molecule has 1 aliphatic carbocycles. The van der Waals surface area contributed by atoms with E-state index in [9.17, 15) is 0 Å². The zero-order valence-electron chi connectivity index (χ0n) is 14.1. The van der Waals surface area contributed by atoms with Crippen LogP contribution in [0.2, 0.25) is 0 Å². The summed E-state index contributed by atoms with van der Waals surface area (Å²) in [5, 5.41) is 4.79. The molecule has 1 fully saturated rings. The van der Waals surface area contributed by atoms with Crippen molar-refractivity contribution in [3.05, 3.63) is 10.6 Å². The van der Waals surface area contributed by atoms with Crippen molar-refractivity contribution in [1.29, 1.82) is 0 Å². The van der Waals surface area contributed by atoms with Gasteiger partial charge >= 0.3 is 0 Å². The lowest BCUT2D eigenvalue weighted by atomic mass is 10.1. The van der Waals surface area contributed by atoms with Crippen LogP contribution in [0.4, 0.5) is 5.13 Å². The fourth-order valence-corrected chi connectivity index (χ4v) is 3.72. The molecule has 4 heteroatoms. The fourth-order valence-electron chi connectivity index (χ4n) is 2.50. The zero-order valence-corrected chi connectivity index (χ0v) is 14.9. The molecule has 0 saturated heterocycles. The predicted molar refractivity (Wildman–Crippen MR) is 93.3 cm³/mol. The van der Waals surface area contributed by atoms with E-state index in [0.717, 1.165) is 31.5 Å². The maximum atomic E-state index is 4.95. The minimum Gasteiger partial charge on any atom is -0.345 e. The van der Waals surface area contributed by atoms with Crippen LogP contribution in [-0.4, -0.2) is 24.1 Å². The van der Waals surface area contributed by atoms with Gasteiger partial charge in [0.15, 0.2) is 5.13 Å². The van der Waals surface area contributed by atoms with Gasteiger partial charge in [0, 0.05) is 24.0 Å². The smallest absolute Gasteiger partial charge is 0.186 e. The second kappa shape index (κ2) is 8.14. The molecule has 0 spiro atoms. The van der Waals surface area contributed by atoms with Crippen LogP contribution in [0.5, 0.6) is 0 Å². The average molecular weight is 310 g/mol. The third-order valence-electron chi connectivity index (χ3n) is 3.99. The Kier molecular flexibility index (Phi) is 6.49. The lowest BCUT2D eigenvalue weighted by Gasteiger charge is -2.22. The first-order valence-corrected chi connectivity index (χ1v) is 9.43. The van der Waals surface area contributed by atoms with Gasteiger partial charge in [0.05, 0.1) is 5.69 Å². The standard InChI is InChI=1S/C17H31N3S/c1-5-10-18-12-16-15(6-2)19-17(21-16)20(14-7-8-14)11-9-13(3)4/h13-14,18H,5-12H2,1-4H3. The molecule has 0 radical (unpaired) electrons. The van der Waals surface area contributed by atoms with E-state index in [0.29, 0.717) is 0 Å². The molecule has 3 nitrogen and oxygen atoms in total. The summed E-state index contributed by atoms with van der Waals surface area (Å²) in [5.41, 5.74) is 1.30. The molecule has 1 aromatic rings. The number of rotatable bonds is 10. The Bertz CT molecular complexity index is 424. The summed E-state index contributed by atoms with van der Waals surface area (Å²) < 4.78 is 0. The van der Waals surface area contributed by atoms with E-state index >= 15 is 0 Å². The van der Waals surface area contributed by atoms with Crippen LogP contribution in [-0.2, 0) is 13.0 Å². The molecule has 2 rings (SSSR count). The van der Waals surface area contributed by atoms with Crippen molar-refractivity contribution in [2.45, 2.75) is 72.4 Å². The van der Waals surface area contributed by atoms with Gasteiger partial charge < -0.3 is 10.2 Å². The number of nitrogens with zero attached hydrogens (tertiary/aromatic N) is 2. The number of thiazole rings is 1. The summed E-state index contributed by atoms with van der Waals surface area (Å²) in [6.45, 7) is 12.3. The minimum absolute atomic E-state index is 0.760. The Hall–Kier alpha value is -0.610. The maximum absolute atomic E-state index is 4.95. The van der Waals surface area contributed by atoms with E-state index in [1.165, 1.54) is 47.9 Å². The topological polar surface area (TPSA) is 28.2 Å². The van der Waals surface area contributed by atoms with Gasteiger partial charge in [-0.1, -0.05) is 27.7 Å². The van der Waals surface area contributed by atoms with Crippen molar-refractivity contribution in [3.8, 4) is 0 Å². The Morgan fingerprint density at radius 1 is 1.33 bits per heavy atom. The summed E-state index contributed by atoms with van der Waals surface area (Å²) in [7, 11) is 0. The first-order valence-electron chi connectivity index (χ1n) is 8.61. The Balaban J connectivity index is 2.05. The lowest BCUT2D eigenvalue weighted by Crippen LogP contribution is -2.27. The van der Waals surface area contributed by atoms with Crippen molar-refractivity contribution in [2.24, 2.45) is 5.92 Å². The van der Waals surface area contributed by atoms with Gasteiger partial charge in [0.2, 0.25) is 0 Å². The molecule has 0 unspecified atom stereocenters. The van der Waals surface area contributed by atoms with Gasteiger partial charge in [-0.15, -0.1) is 11.3 Å². The largest absolute Gasteiger partial charge is 0.345 e.